The Morgan fingerprint density at radius 2 is 2.04 bits per heavy atom. The van der Waals surface area contributed by atoms with Gasteiger partial charge in [-0.25, -0.2) is 0 Å². The van der Waals surface area contributed by atoms with Gasteiger partial charge in [-0.1, -0.05) is 23.2 Å². The largest absolute Gasteiger partial charge is 0.497 e. The Balaban J connectivity index is 1.90. The van der Waals surface area contributed by atoms with E-state index in [4.69, 9.17) is 32.7 Å². The summed E-state index contributed by atoms with van der Waals surface area (Å²) >= 11 is 12.1. The summed E-state index contributed by atoms with van der Waals surface area (Å²) < 4.78 is 12.0. The molecule has 0 unspecified atom stereocenters. The Morgan fingerprint density at radius 1 is 1.29 bits per heavy atom. The quantitative estimate of drug-likeness (QED) is 0.758. The monoisotopic (exact) mass is 371 g/mol. The van der Waals surface area contributed by atoms with E-state index in [0.717, 1.165) is 0 Å². The Hall–Kier alpha value is -1.92. The number of amides is 1. The van der Waals surface area contributed by atoms with Crippen LogP contribution < -0.4 is 14.8 Å². The maximum atomic E-state index is 12.3. The van der Waals surface area contributed by atoms with E-state index < -0.39 is 0 Å². The highest BCUT2D eigenvalue weighted by molar-refractivity contribution is 6.41. The normalized spacial score (nSPS) is 10.5. The molecule has 2 rings (SSSR count). The molecule has 0 aliphatic rings. The van der Waals surface area contributed by atoms with E-state index in [2.05, 4.69) is 10.4 Å². The molecule has 2 aromatic rings. The average molecular weight is 372 g/mol. The maximum absolute atomic E-state index is 12.3. The number of methoxy groups -OCH3 is 2. The van der Waals surface area contributed by atoms with Crippen LogP contribution in [-0.2, 0) is 6.54 Å². The topological polar surface area (TPSA) is 65.4 Å². The van der Waals surface area contributed by atoms with Gasteiger partial charge >= 0.3 is 0 Å². The lowest BCUT2D eigenvalue weighted by Crippen LogP contribution is -2.25. The molecule has 0 bridgehead atoms. The molecule has 8 heteroatoms. The number of hydrogen-bond acceptors (Lipinski definition) is 4. The van der Waals surface area contributed by atoms with Crippen molar-refractivity contribution in [2.45, 2.75) is 19.9 Å². The molecule has 0 radical (unpaired) electrons. The van der Waals surface area contributed by atoms with Gasteiger partial charge in [0.05, 0.1) is 25.5 Å². The lowest BCUT2D eigenvalue weighted by Gasteiger charge is -2.11. The fourth-order valence-corrected chi connectivity index (χ4v) is 2.59. The molecule has 130 valence electrons. The summed E-state index contributed by atoms with van der Waals surface area (Å²) in [5.74, 6) is 0.878. The number of nitrogens with one attached hydrogen (secondary N) is 1. The fourth-order valence-electron chi connectivity index (χ4n) is 2.19. The molecule has 24 heavy (non-hydrogen) atoms. The second-order valence-electron chi connectivity index (χ2n) is 5.09. The first-order valence-electron chi connectivity index (χ1n) is 7.36. The fraction of sp³-hybridized carbons (Fsp3) is 0.375. The van der Waals surface area contributed by atoms with Gasteiger partial charge in [0.15, 0.2) is 0 Å². The summed E-state index contributed by atoms with van der Waals surface area (Å²) in [7, 11) is 3.07. The molecule has 1 N–H and O–H groups in total. The van der Waals surface area contributed by atoms with Crippen LogP contribution in [-0.4, -0.2) is 36.5 Å². The number of ether oxygens (including phenoxy) is 2. The van der Waals surface area contributed by atoms with E-state index in [1.165, 1.54) is 7.11 Å². The third-order valence-electron chi connectivity index (χ3n) is 3.48. The van der Waals surface area contributed by atoms with E-state index in [9.17, 15) is 4.79 Å². The van der Waals surface area contributed by atoms with Crippen LogP contribution in [0.2, 0.25) is 10.2 Å². The number of aryl methyl sites for hydroxylation is 2. The predicted octanol–water partition coefficient (Wildman–Crippen LogP) is 3.34. The van der Waals surface area contributed by atoms with Gasteiger partial charge in [-0.15, -0.1) is 0 Å². The number of carbonyl (C=O) groups excluding carboxylic acids is 1. The van der Waals surface area contributed by atoms with Crippen molar-refractivity contribution in [3.63, 3.8) is 0 Å². The second kappa shape index (κ2) is 8.26. The summed E-state index contributed by atoms with van der Waals surface area (Å²) in [5.41, 5.74) is 1.14. The van der Waals surface area contributed by atoms with Crippen molar-refractivity contribution in [1.29, 1.82) is 0 Å². The van der Waals surface area contributed by atoms with Gasteiger partial charge in [-0.2, -0.15) is 5.10 Å². The highest BCUT2D eigenvalue weighted by atomic mass is 35.5. The van der Waals surface area contributed by atoms with Gasteiger partial charge in [-0.05, 0) is 25.5 Å². The summed E-state index contributed by atoms with van der Waals surface area (Å²) in [6.45, 7) is 2.83. The number of halogens is 2. The summed E-state index contributed by atoms with van der Waals surface area (Å²) in [6, 6.07) is 5.05. The number of rotatable bonds is 7. The minimum absolute atomic E-state index is 0.213. The van der Waals surface area contributed by atoms with Gasteiger partial charge in [0.1, 0.15) is 21.7 Å². The van der Waals surface area contributed by atoms with Crippen LogP contribution in [0.15, 0.2) is 18.2 Å². The second-order valence-corrected chi connectivity index (χ2v) is 5.82. The minimum Gasteiger partial charge on any atom is -0.497 e. The molecule has 1 aromatic heterocycles. The molecule has 0 saturated heterocycles. The zero-order valence-electron chi connectivity index (χ0n) is 13.7. The van der Waals surface area contributed by atoms with Crippen LogP contribution >= 0.6 is 23.2 Å². The van der Waals surface area contributed by atoms with Gasteiger partial charge in [0, 0.05) is 19.2 Å². The first-order valence-corrected chi connectivity index (χ1v) is 8.12. The molecule has 1 heterocycles. The maximum Gasteiger partial charge on any atom is 0.255 e. The van der Waals surface area contributed by atoms with Gasteiger partial charge in [0.25, 0.3) is 5.91 Å². The van der Waals surface area contributed by atoms with Crippen molar-refractivity contribution in [2.75, 3.05) is 20.8 Å². The molecular formula is C16H19Cl2N3O3. The molecule has 0 aliphatic heterocycles. The van der Waals surface area contributed by atoms with Crippen molar-refractivity contribution < 1.29 is 14.3 Å². The Bertz CT molecular complexity index is 732. The number of hydrogen-bond donors (Lipinski definition) is 1. The number of carbonyl (C=O) groups is 1. The van der Waals surface area contributed by atoms with Crippen molar-refractivity contribution >= 4 is 29.1 Å². The molecular weight excluding hydrogens is 353 g/mol. The number of benzene rings is 1. The lowest BCUT2D eigenvalue weighted by atomic mass is 10.1. The molecule has 1 aromatic carbocycles. The van der Waals surface area contributed by atoms with Crippen LogP contribution in [0.1, 0.15) is 22.5 Å². The molecule has 0 aliphatic carbocycles. The predicted molar refractivity (Wildman–Crippen MR) is 93.5 cm³/mol. The zero-order valence-corrected chi connectivity index (χ0v) is 15.2. The molecule has 0 saturated carbocycles. The summed E-state index contributed by atoms with van der Waals surface area (Å²) in [4.78, 5) is 12.3. The van der Waals surface area contributed by atoms with Crippen LogP contribution in [0.4, 0.5) is 0 Å². The third kappa shape index (κ3) is 4.13. The lowest BCUT2D eigenvalue weighted by molar-refractivity contribution is 0.0949. The van der Waals surface area contributed by atoms with Crippen LogP contribution in [0.25, 0.3) is 0 Å². The van der Waals surface area contributed by atoms with E-state index in [-0.39, 0.29) is 5.91 Å². The van der Waals surface area contributed by atoms with E-state index >= 15 is 0 Å². The van der Waals surface area contributed by atoms with Gasteiger partial charge in [-0.3, -0.25) is 9.48 Å². The zero-order chi connectivity index (χ0) is 17.7. The summed E-state index contributed by atoms with van der Waals surface area (Å²) in [5, 5.41) is 7.96. The smallest absolute Gasteiger partial charge is 0.255 e. The van der Waals surface area contributed by atoms with Gasteiger partial charge < -0.3 is 14.8 Å². The molecule has 0 atom stereocenters. The van der Waals surface area contributed by atoms with Crippen molar-refractivity contribution in [3.05, 3.63) is 39.6 Å². The molecule has 1 amide bonds. The van der Waals surface area contributed by atoms with Crippen LogP contribution in [0, 0.1) is 6.92 Å². The van der Waals surface area contributed by atoms with Crippen LogP contribution in [0.5, 0.6) is 11.5 Å². The van der Waals surface area contributed by atoms with Gasteiger partial charge in [0.2, 0.25) is 0 Å². The first-order chi connectivity index (χ1) is 11.5. The van der Waals surface area contributed by atoms with E-state index in [0.29, 0.717) is 52.4 Å². The highest BCUT2D eigenvalue weighted by Gasteiger charge is 2.14. The SMILES string of the molecule is COc1ccc(C(=O)NCCCn2nc(C)c(Cl)c2Cl)c(OC)c1. The Labute approximate surface area is 150 Å². The Kier molecular flexibility index (Phi) is 6.34. The summed E-state index contributed by atoms with van der Waals surface area (Å²) in [6.07, 6.45) is 0.668. The molecule has 6 nitrogen and oxygen atoms in total. The van der Waals surface area contributed by atoms with Crippen LogP contribution in [0.3, 0.4) is 0 Å². The minimum atomic E-state index is -0.213. The third-order valence-corrected chi connectivity index (χ3v) is 4.41. The number of aromatic nitrogens is 2. The van der Waals surface area contributed by atoms with Crippen molar-refractivity contribution in [1.82, 2.24) is 15.1 Å². The van der Waals surface area contributed by atoms with E-state index in [1.807, 2.05) is 0 Å². The van der Waals surface area contributed by atoms with E-state index in [1.54, 1.807) is 36.9 Å². The molecule has 0 fully saturated rings. The van der Waals surface area contributed by atoms with Crippen molar-refractivity contribution in [3.8, 4) is 11.5 Å². The average Bonchev–Trinajstić information content (AvgIpc) is 2.84. The Morgan fingerprint density at radius 3 is 2.62 bits per heavy atom. The van der Waals surface area contributed by atoms with Crippen molar-refractivity contribution in [2.24, 2.45) is 0 Å². The first kappa shape index (κ1) is 18.4. The standard InChI is InChI=1S/C16H19Cl2N3O3/c1-10-14(17)15(18)21(20-10)8-4-7-19-16(22)12-6-5-11(23-2)9-13(12)24-3/h5-6,9H,4,7-8H2,1-3H3,(H,19,22). The number of nitrogens with zero attached hydrogens (tertiary/aromatic N) is 2. The highest BCUT2D eigenvalue weighted by Crippen LogP contribution is 2.25. The molecule has 0 spiro atoms.